The Morgan fingerprint density at radius 2 is 2.33 bits per heavy atom. The first kappa shape index (κ1) is 13.1. The van der Waals surface area contributed by atoms with Crippen LogP contribution >= 0.6 is 11.3 Å². The number of amides is 1. The van der Waals surface area contributed by atoms with Crippen molar-refractivity contribution < 1.29 is 9.53 Å². The lowest BCUT2D eigenvalue weighted by molar-refractivity contribution is 0.0983. The highest BCUT2D eigenvalue weighted by Crippen LogP contribution is 2.20. The summed E-state index contributed by atoms with van der Waals surface area (Å²) in [5.41, 5.74) is 1.05. The Labute approximate surface area is 111 Å². The second-order valence-electron chi connectivity index (χ2n) is 4.40. The minimum Gasteiger partial charge on any atom is -0.450 e. The number of likely N-dealkylation sites (tertiary alicyclic amines) is 1. The number of nitrogens with one attached hydrogen (secondary N) is 1. The number of hydrogen-bond acceptors (Lipinski definition) is 5. The van der Waals surface area contributed by atoms with Crippen LogP contribution in [0.15, 0.2) is 5.38 Å². The Hall–Kier alpha value is -1.30. The standard InChI is InChI=1S/C12H19N3O2S/c1-3-17-12(16)15-6-4-10(5-7-15)14-11-13-9(2)8-18-11/h8,10H,3-7H2,1-2H3,(H,13,14). The molecule has 5 nitrogen and oxygen atoms in total. The van der Waals surface area contributed by atoms with Crippen LogP contribution in [0.4, 0.5) is 9.93 Å². The van der Waals surface area contributed by atoms with Gasteiger partial charge >= 0.3 is 6.09 Å². The van der Waals surface area contributed by atoms with Gasteiger partial charge in [0.2, 0.25) is 0 Å². The van der Waals surface area contributed by atoms with E-state index in [1.807, 2.05) is 19.2 Å². The van der Waals surface area contributed by atoms with Crippen LogP contribution in [0.1, 0.15) is 25.5 Å². The Morgan fingerprint density at radius 1 is 1.61 bits per heavy atom. The predicted molar refractivity (Wildman–Crippen MR) is 72.1 cm³/mol. The second kappa shape index (κ2) is 6.04. The van der Waals surface area contributed by atoms with Gasteiger partial charge in [-0.1, -0.05) is 0 Å². The Kier molecular flexibility index (Phi) is 4.41. The summed E-state index contributed by atoms with van der Waals surface area (Å²) in [4.78, 5) is 17.7. The molecule has 0 spiro atoms. The number of thiazole rings is 1. The molecule has 18 heavy (non-hydrogen) atoms. The third kappa shape index (κ3) is 3.35. The predicted octanol–water partition coefficient (Wildman–Crippen LogP) is 2.48. The van der Waals surface area contributed by atoms with Crippen LogP contribution in [-0.4, -0.2) is 41.7 Å². The van der Waals surface area contributed by atoms with E-state index in [2.05, 4.69) is 10.3 Å². The van der Waals surface area contributed by atoms with Crippen LogP contribution in [0.25, 0.3) is 0 Å². The molecule has 1 amide bonds. The van der Waals surface area contributed by atoms with Crippen molar-refractivity contribution in [3.8, 4) is 0 Å². The van der Waals surface area contributed by atoms with Gasteiger partial charge in [-0.2, -0.15) is 0 Å². The van der Waals surface area contributed by atoms with Crippen LogP contribution in [-0.2, 0) is 4.74 Å². The zero-order valence-electron chi connectivity index (χ0n) is 10.8. The molecule has 1 fully saturated rings. The summed E-state index contributed by atoms with van der Waals surface area (Å²) in [5, 5.41) is 6.43. The fraction of sp³-hybridized carbons (Fsp3) is 0.667. The number of rotatable bonds is 3. The maximum Gasteiger partial charge on any atom is 0.409 e. The molecule has 0 unspecified atom stereocenters. The molecule has 0 aromatic carbocycles. The first-order chi connectivity index (χ1) is 8.69. The summed E-state index contributed by atoms with van der Waals surface area (Å²) in [6, 6.07) is 0.404. The van der Waals surface area contributed by atoms with Crippen molar-refractivity contribution >= 4 is 22.6 Å². The van der Waals surface area contributed by atoms with Crippen LogP contribution in [0.2, 0.25) is 0 Å². The van der Waals surface area contributed by atoms with Gasteiger partial charge in [0.25, 0.3) is 0 Å². The highest BCUT2D eigenvalue weighted by atomic mass is 32.1. The number of anilines is 1. The summed E-state index contributed by atoms with van der Waals surface area (Å²) in [6.45, 7) is 5.76. The number of carbonyl (C=O) groups is 1. The molecule has 1 aromatic heterocycles. The van der Waals surface area contributed by atoms with E-state index >= 15 is 0 Å². The zero-order valence-corrected chi connectivity index (χ0v) is 11.6. The molecule has 0 bridgehead atoms. The van der Waals surface area contributed by atoms with E-state index in [1.54, 1.807) is 16.2 Å². The van der Waals surface area contributed by atoms with Crippen LogP contribution in [0.3, 0.4) is 0 Å². The number of aromatic nitrogens is 1. The minimum absolute atomic E-state index is 0.193. The van der Waals surface area contributed by atoms with Crippen LogP contribution in [0.5, 0.6) is 0 Å². The number of ether oxygens (including phenoxy) is 1. The minimum atomic E-state index is -0.193. The fourth-order valence-corrected chi connectivity index (χ4v) is 2.78. The van der Waals surface area contributed by atoms with Gasteiger partial charge in [0.15, 0.2) is 5.13 Å². The number of piperidine rings is 1. The van der Waals surface area contributed by atoms with Crippen LogP contribution < -0.4 is 5.32 Å². The van der Waals surface area contributed by atoms with E-state index in [0.717, 1.165) is 36.8 Å². The molecule has 0 atom stereocenters. The number of nitrogens with zero attached hydrogens (tertiary/aromatic N) is 2. The Balaban J connectivity index is 1.78. The topological polar surface area (TPSA) is 54.5 Å². The lowest BCUT2D eigenvalue weighted by Gasteiger charge is -2.31. The summed E-state index contributed by atoms with van der Waals surface area (Å²) in [6.07, 6.45) is 1.69. The van der Waals surface area contributed by atoms with Gasteiger partial charge in [-0.15, -0.1) is 11.3 Å². The molecule has 2 heterocycles. The van der Waals surface area contributed by atoms with E-state index in [9.17, 15) is 4.79 Å². The van der Waals surface area contributed by atoms with Gasteiger partial charge < -0.3 is 15.0 Å². The monoisotopic (exact) mass is 269 g/mol. The molecule has 1 N–H and O–H groups in total. The third-order valence-electron chi connectivity index (χ3n) is 2.97. The summed E-state index contributed by atoms with van der Waals surface area (Å²) >= 11 is 1.63. The molecular weight excluding hydrogens is 250 g/mol. The smallest absolute Gasteiger partial charge is 0.409 e. The number of carbonyl (C=O) groups excluding carboxylic acids is 1. The van der Waals surface area contributed by atoms with E-state index in [4.69, 9.17) is 4.74 Å². The van der Waals surface area contributed by atoms with E-state index in [-0.39, 0.29) is 6.09 Å². The van der Waals surface area contributed by atoms with Crippen molar-refractivity contribution in [3.05, 3.63) is 11.1 Å². The van der Waals surface area contributed by atoms with Crippen molar-refractivity contribution in [2.24, 2.45) is 0 Å². The van der Waals surface area contributed by atoms with Gasteiger partial charge in [-0.3, -0.25) is 0 Å². The maximum absolute atomic E-state index is 11.5. The molecular formula is C12H19N3O2S. The van der Waals surface area contributed by atoms with Crippen molar-refractivity contribution in [1.29, 1.82) is 0 Å². The first-order valence-corrected chi connectivity index (χ1v) is 7.17. The first-order valence-electron chi connectivity index (χ1n) is 6.29. The summed E-state index contributed by atoms with van der Waals surface area (Å²) < 4.78 is 4.99. The third-order valence-corrected chi connectivity index (χ3v) is 3.86. The van der Waals surface area contributed by atoms with Crippen molar-refractivity contribution in [2.75, 3.05) is 25.0 Å². The van der Waals surface area contributed by atoms with Gasteiger partial charge in [-0.25, -0.2) is 9.78 Å². The molecule has 1 aliphatic heterocycles. The Bertz CT molecular complexity index is 400. The fourth-order valence-electron chi connectivity index (χ4n) is 2.02. The van der Waals surface area contributed by atoms with Gasteiger partial charge in [-0.05, 0) is 26.7 Å². The molecule has 6 heteroatoms. The van der Waals surface area contributed by atoms with E-state index < -0.39 is 0 Å². The summed E-state index contributed by atoms with van der Waals surface area (Å²) in [5.74, 6) is 0. The van der Waals surface area contributed by atoms with Gasteiger partial charge in [0, 0.05) is 24.5 Å². The molecule has 1 aromatic rings. The van der Waals surface area contributed by atoms with Gasteiger partial charge in [0.1, 0.15) is 0 Å². The molecule has 2 rings (SSSR count). The second-order valence-corrected chi connectivity index (χ2v) is 5.26. The molecule has 0 saturated carbocycles. The van der Waals surface area contributed by atoms with Crippen LogP contribution in [0, 0.1) is 6.92 Å². The number of hydrogen-bond donors (Lipinski definition) is 1. The molecule has 1 saturated heterocycles. The maximum atomic E-state index is 11.5. The average Bonchev–Trinajstić information content (AvgIpc) is 2.76. The summed E-state index contributed by atoms with van der Waals surface area (Å²) in [7, 11) is 0. The van der Waals surface area contributed by atoms with Crippen molar-refractivity contribution in [1.82, 2.24) is 9.88 Å². The van der Waals surface area contributed by atoms with E-state index in [0.29, 0.717) is 12.6 Å². The zero-order chi connectivity index (χ0) is 13.0. The highest BCUT2D eigenvalue weighted by Gasteiger charge is 2.23. The Morgan fingerprint density at radius 3 is 2.89 bits per heavy atom. The quantitative estimate of drug-likeness (QED) is 0.916. The lowest BCUT2D eigenvalue weighted by atomic mass is 10.1. The largest absolute Gasteiger partial charge is 0.450 e. The lowest BCUT2D eigenvalue weighted by Crippen LogP contribution is -2.42. The normalized spacial score (nSPS) is 16.7. The van der Waals surface area contributed by atoms with Crippen molar-refractivity contribution in [3.63, 3.8) is 0 Å². The highest BCUT2D eigenvalue weighted by molar-refractivity contribution is 7.13. The SMILES string of the molecule is CCOC(=O)N1CCC(Nc2nc(C)cs2)CC1. The molecule has 100 valence electrons. The average molecular weight is 269 g/mol. The van der Waals surface area contributed by atoms with Gasteiger partial charge in [0.05, 0.1) is 12.3 Å². The van der Waals surface area contributed by atoms with Crippen molar-refractivity contribution in [2.45, 2.75) is 32.7 Å². The van der Waals surface area contributed by atoms with E-state index in [1.165, 1.54) is 0 Å². The molecule has 1 aliphatic rings. The molecule has 0 aliphatic carbocycles. The number of aryl methyl sites for hydroxylation is 1. The molecule has 0 radical (unpaired) electrons.